The topological polar surface area (TPSA) is 103 Å². The van der Waals surface area contributed by atoms with E-state index in [1.165, 1.54) is 0 Å². The smallest absolute Gasteiger partial charge is 0.311 e. The van der Waals surface area contributed by atoms with Crippen molar-refractivity contribution in [2.24, 2.45) is 16.8 Å². The monoisotopic (exact) mass is 485 g/mol. The molecule has 1 aliphatic carbocycles. The van der Waals surface area contributed by atoms with Crippen molar-refractivity contribution < 1.29 is 19.8 Å². The van der Waals surface area contributed by atoms with Crippen LogP contribution in [0.3, 0.4) is 0 Å². The zero-order valence-corrected chi connectivity index (χ0v) is 20.4. The predicted octanol–water partition coefficient (Wildman–Crippen LogP) is 4.00. The highest BCUT2D eigenvalue weighted by Gasteiger charge is 2.24. The molecule has 0 bridgehead atoms. The van der Waals surface area contributed by atoms with Gasteiger partial charge in [0.1, 0.15) is 0 Å². The lowest BCUT2D eigenvalue weighted by atomic mass is 9.90. The molecule has 0 amide bonds. The number of guanidine groups is 1. The van der Waals surface area contributed by atoms with Gasteiger partial charge in [-0.2, -0.15) is 5.48 Å². The number of nitrogens with one attached hydrogen (secondary N) is 2. The lowest BCUT2D eigenvalue weighted by molar-refractivity contribution is -0.141. The fourth-order valence-electron chi connectivity index (χ4n) is 2.93. The molecule has 0 saturated carbocycles. The molecule has 182 valence electrons. The quantitative estimate of drug-likeness (QED) is 0.247. The van der Waals surface area contributed by atoms with Gasteiger partial charge in [-0.15, -0.1) is 12.8 Å². The van der Waals surface area contributed by atoms with Crippen LogP contribution in [0.2, 0.25) is 0 Å². The molecule has 2 rings (SSSR count). The Morgan fingerprint density at radius 3 is 2.74 bits per heavy atom. The second-order valence-electron chi connectivity index (χ2n) is 7.93. The minimum absolute atomic E-state index is 0.110. The fraction of sp³-hybridized carbons (Fsp3) is 0.308. The molecule has 0 aromatic heterocycles. The molecule has 0 aromatic carbocycles. The molecule has 34 heavy (non-hydrogen) atoms. The summed E-state index contributed by atoms with van der Waals surface area (Å²) in [6, 6.07) is 0. The summed E-state index contributed by atoms with van der Waals surface area (Å²) in [5.74, 6) is -0.869. The summed E-state index contributed by atoms with van der Waals surface area (Å²) in [5.41, 5.74) is 3.38. The average Bonchev–Trinajstić information content (AvgIpc) is 2.87. The van der Waals surface area contributed by atoms with Gasteiger partial charge in [0.15, 0.2) is 5.76 Å². The van der Waals surface area contributed by atoms with E-state index in [9.17, 15) is 15.0 Å². The Kier molecular flexibility index (Phi) is 11.7. The summed E-state index contributed by atoms with van der Waals surface area (Å²) in [6.07, 6.45) is 23.7. The largest absolute Gasteiger partial charge is 0.481 e. The lowest BCUT2D eigenvalue weighted by Crippen LogP contribution is -2.37. The molecule has 0 radical (unpaired) electrons. The number of carbonyl (C=O) groups is 1. The first-order chi connectivity index (χ1) is 16.1. The Labute approximate surface area is 206 Å². The Hall–Kier alpha value is -3.47. The first-order valence-corrected chi connectivity index (χ1v) is 11.0. The second-order valence-corrected chi connectivity index (χ2v) is 8.34. The standard InChI is InChI=1S/C24H30ClN3O4.C2H2/c1-5-17(7-6-12-24(3,4)31)19-10-13-26-23(27-14-11-21(19)25)28-32-18-9-8-16(2)20(15-18)22(29)30;1-2/h5-12,15-16,20,31H,1,13-14H2,2-4H3,(H,29,30)(H2,26,27,28);1-2H/b12-6+,17-7+,19-10-,21-11+;. The van der Waals surface area contributed by atoms with Crippen molar-refractivity contribution in [2.45, 2.75) is 26.4 Å². The predicted molar refractivity (Wildman–Crippen MR) is 138 cm³/mol. The van der Waals surface area contributed by atoms with Gasteiger partial charge in [0.2, 0.25) is 5.96 Å². The van der Waals surface area contributed by atoms with E-state index in [0.29, 0.717) is 29.8 Å². The maximum Gasteiger partial charge on any atom is 0.311 e. The van der Waals surface area contributed by atoms with E-state index in [0.717, 1.165) is 11.1 Å². The third-order valence-electron chi connectivity index (χ3n) is 4.69. The molecule has 0 saturated heterocycles. The molecular weight excluding hydrogens is 454 g/mol. The van der Waals surface area contributed by atoms with Crippen LogP contribution in [0.1, 0.15) is 20.8 Å². The Bertz CT molecular complexity index is 976. The highest BCUT2D eigenvalue weighted by Crippen LogP contribution is 2.25. The van der Waals surface area contributed by atoms with Crippen molar-refractivity contribution in [3.8, 4) is 12.8 Å². The van der Waals surface area contributed by atoms with E-state index in [2.05, 4.69) is 35.2 Å². The van der Waals surface area contributed by atoms with Crippen LogP contribution in [0.4, 0.5) is 0 Å². The second kappa shape index (κ2) is 13.9. The first kappa shape index (κ1) is 28.6. The van der Waals surface area contributed by atoms with Gasteiger partial charge in [-0.05, 0) is 49.1 Å². The number of rotatable bonds is 7. The number of carboxylic acid groups (broad SMARTS) is 1. The fourth-order valence-corrected chi connectivity index (χ4v) is 3.19. The van der Waals surface area contributed by atoms with Gasteiger partial charge in [-0.3, -0.25) is 4.79 Å². The Balaban J connectivity index is 0.00000281. The van der Waals surface area contributed by atoms with Crippen LogP contribution in [0.15, 0.2) is 88.2 Å². The van der Waals surface area contributed by atoms with Crippen molar-refractivity contribution in [1.82, 2.24) is 10.8 Å². The number of carboxylic acids is 1. The van der Waals surface area contributed by atoms with Crippen LogP contribution in [0, 0.1) is 24.7 Å². The van der Waals surface area contributed by atoms with E-state index in [4.69, 9.17) is 16.4 Å². The van der Waals surface area contributed by atoms with Crippen molar-refractivity contribution in [3.05, 3.63) is 83.2 Å². The molecule has 0 spiro atoms. The van der Waals surface area contributed by atoms with Crippen LogP contribution < -0.4 is 10.8 Å². The molecule has 2 aliphatic rings. The number of aliphatic hydroxyl groups is 1. The average molecular weight is 486 g/mol. The molecular formula is C26H32ClN3O4. The summed E-state index contributed by atoms with van der Waals surface area (Å²) in [4.78, 5) is 21.3. The maximum atomic E-state index is 11.4. The molecule has 7 nitrogen and oxygen atoms in total. The van der Waals surface area contributed by atoms with Gasteiger partial charge >= 0.3 is 5.97 Å². The van der Waals surface area contributed by atoms with Gasteiger partial charge < -0.3 is 20.4 Å². The minimum atomic E-state index is -0.921. The number of allylic oxidation sites excluding steroid dienone is 8. The zero-order chi connectivity index (χ0) is 25.7. The number of hydroxylamine groups is 1. The third kappa shape index (κ3) is 9.57. The number of aliphatic carboxylic acids is 1. The van der Waals surface area contributed by atoms with Crippen molar-refractivity contribution in [3.63, 3.8) is 0 Å². The van der Waals surface area contributed by atoms with Gasteiger partial charge in [-0.1, -0.05) is 61.6 Å². The molecule has 2 atom stereocenters. The molecule has 2 unspecified atom stereocenters. The number of hydrogen-bond acceptors (Lipinski definition) is 6. The van der Waals surface area contributed by atoms with Gasteiger partial charge in [-0.25, -0.2) is 4.99 Å². The van der Waals surface area contributed by atoms with E-state index in [1.807, 2.05) is 19.1 Å². The minimum Gasteiger partial charge on any atom is -0.481 e. The van der Waals surface area contributed by atoms with E-state index >= 15 is 0 Å². The lowest BCUT2D eigenvalue weighted by Gasteiger charge is -2.20. The summed E-state index contributed by atoms with van der Waals surface area (Å²) >= 11 is 6.49. The van der Waals surface area contributed by atoms with Crippen LogP contribution in [-0.2, 0) is 9.63 Å². The number of nitrogens with zero attached hydrogens (tertiary/aromatic N) is 1. The molecule has 1 heterocycles. The summed E-state index contributed by atoms with van der Waals surface area (Å²) in [5, 5.41) is 22.8. The Morgan fingerprint density at radius 1 is 1.41 bits per heavy atom. The van der Waals surface area contributed by atoms with Gasteiger partial charge in [0.05, 0.1) is 18.1 Å². The Morgan fingerprint density at radius 2 is 2.12 bits per heavy atom. The van der Waals surface area contributed by atoms with Crippen LogP contribution in [0.5, 0.6) is 0 Å². The van der Waals surface area contributed by atoms with Crippen molar-refractivity contribution >= 4 is 23.5 Å². The molecule has 8 heteroatoms. The summed E-state index contributed by atoms with van der Waals surface area (Å²) in [6.45, 7) is 9.77. The number of terminal acetylenes is 1. The zero-order valence-electron chi connectivity index (χ0n) is 19.7. The molecule has 0 fully saturated rings. The van der Waals surface area contributed by atoms with Crippen LogP contribution >= 0.6 is 11.6 Å². The number of aliphatic imine (C=N–C) groups is 1. The van der Waals surface area contributed by atoms with E-state index in [1.54, 1.807) is 56.4 Å². The molecule has 4 N–H and O–H groups in total. The maximum absolute atomic E-state index is 11.4. The SMILES string of the molecule is C#C.C=CC(=C\C=C\C(C)(C)O)/C1=C/CN=C(NOC2=CC(C(=O)O)C(C)C=C2)NC/C=C\1Cl. The van der Waals surface area contributed by atoms with Crippen molar-refractivity contribution in [1.29, 1.82) is 0 Å². The summed E-state index contributed by atoms with van der Waals surface area (Å²) in [7, 11) is 0. The normalized spacial score (nSPS) is 24.1. The van der Waals surface area contributed by atoms with Gasteiger partial charge in [0, 0.05) is 11.6 Å². The number of hydrogen-bond donors (Lipinski definition) is 4. The van der Waals surface area contributed by atoms with Crippen LogP contribution in [-0.4, -0.2) is 40.8 Å². The highest BCUT2D eigenvalue weighted by atomic mass is 35.5. The van der Waals surface area contributed by atoms with Crippen LogP contribution in [0.25, 0.3) is 0 Å². The van der Waals surface area contributed by atoms with Gasteiger partial charge in [0.25, 0.3) is 0 Å². The third-order valence-corrected chi connectivity index (χ3v) is 5.05. The van der Waals surface area contributed by atoms with E-state index < -0.39 is 17.5 Å². The van der Waals surface area contributed by atoms with Crippen molar-refractivity contribution in [2.75, 3.05) is 13.1 Å². The first-order valence-electron chi connectivity index (χ1n) is 10.6. The van der Waals surface area contributed by atoms with E-state index in [-0.39, 0.29) is 5.92 Å². The highest BCUT2D eigenvalue weighted by molar-refractivity contribution is 6.32. The molecule has 0 aromatic rings. The molecule has 1 aliphatic heterocycles. The summed E-state index contributed by atoms with van der Waals surface area (Å²) < 4.78 is 0. The number of halogens is 1.